The number of rotatable bonds is 5. The van der Waals surface area contributed by atoms with Crippen LogP contribution in [0.15, 0.2) is 28.7 Å². The van der Waals surface area contributed by atoms with Gasteiger partial charge in [-0.1, -0.05) is 40.9 Å². The molecule has 3 unspecified atom stereocenters. The van der Waals surface area contributed by atoms with Crippen molar-refractivity contribution in [1.29, 1.82) is 0 Å². The van der Waals surface area contributed by atoms with Crippen molar-refractivity contribution >= 4 is 15.9 Å². The third-order valence-corrected chi connectivity index (χ3v) is 4.74. The van der Waals surface area contributed by atoms with Crippen LogP contribution in [-0.2, 0) is 0 Å². The fourth-order valence-electron chi connectivity index (χ4n) is 2.98. The van der Waals surface area contributed by atoms with Crippen molar-refractivity contribution in [3.8, 4) is 0 Å². The Hall–Kier alpha value is -0.420. The van der Waals surface area contributed by atoms with E-state index >= 15 is 0 Å². The van der Waals surface area contributed by atoms with Crippen molar-refractivity contribution in [2.45, 2.75) is 50.4 Å². The van der Waals surface area contributed by atoms with Gasteiger partial charge in [0.1, 0.15) is 0 Å². The van der Waals surface area contributed by atoms with Crippen LogP contribution in [0.2, 0.25) is 0 Å². The summed E-state index contributed by atoms with van der Waals surface area (Å²) in [6.45, 7) is 0.801. The SMILES string of the molecule is CN(CCC(O)c1cccc(Br)c1)C1CCCCC1O. The minimum Gasteiger partial charge on any atom is -0.391 e. The van der Waals surface area contributed by atoms with Gasteiger partial charge in [-0.05, 0) is 44.0 Å². The highest BCUT2D eigenvalue weighted by atomic mass is 79.9. The molecule has 0 saturated heterocycles. The third kappa shape index (κ3) is 4.29. The number of hydrogen-bond donors (Lipinski definition) is 2. The van der Waals surface area contributed by atoms with E-state index in [1.54, 1.807) is 0 Å². The van der Waals surface area contributed by atoms with Crippen molar-refractivity contribution in [2.24, 2.45) is 0 Å². The molecule has 0 aromatic heterocycles. The van der Waals surface area contributed by atoms with E-state index in [9.17, 15) is 10.2 Å². The molecule has 0 spiro atoms. The van der Waals surface area contributed by atoms with Gasteiger partial charge in [0, 0.05) is 17.1 Å². The van der Waals surface area contributed by atoms with Crippen LogP contribution in [0.5, 0.6) is 0 Å². The summed E-state index contributed by atoms with van der Waals surface area (Å²) >= 11 is 3.43. The topological polar surface area (TPSA) is 43.7 Å². The van der Waals surface area contributed by atoms with E-state index in [1.807, 2.05) is 31.3 Å². The standard InChI is InChI=1S/C16H24BrNO2/c1-18(14-7-2-3-8-16(14)20)10-9-15(19)12-5-4-6-13(17)11-12/h4-6,11,14-16,19-20H,2-3,7-10H2,1H3. The summed E-state index contributed by atoms with van der Waals surface area (Å²) in [6, 6.07) is 8.06. The number of likely N-dealkylation sites (N-methyl/N-ethyl adjacent to an activating group) is 1. The van der Waals surface area contributed by atoms with Gasteiger partial charge in [0.2, 0.25) is 0 Å². The quantitative estimate of drug-likeness (QED) is 0.864. The lowest BCUT2D eigenvalue weighted by molar-refractivity contribution is 0.0253. The first-order valence-corrected chi connectivity index (χ1v) is 8.19. The van der Waals surface area contributed by atoms with Gasteiger partial charge in [-0.3, -0.25) is 0 Å². The Bertz CT molecular complexity index is 427. The predicted octanol–water partition coefficient (Wildman–Crippen LogP) is 3.11. The van der Waals surface area contributed by atoms with Gasteiger partial charge in [0.15, 0.2) is 0 Å². The highest BCUT2D eigenvalue weighted by Crippen LogP contribution is 2.25. The number of aliphatic hydroxyl groups excluding tert-OH is 2. The van der Waals surface area contributed by atoms with E-state index in [2.05, 4.69) is 20.8 Å². The Morgan fingerprint density at radius 2 is 2.10 bits per heavy atom. The first kappa shape index (κ1) is 16.0. The van der Waals surface area contributed by atoms with E-state index in [4.69, 9.17) is 0 Å². The molecule has 3 atom stereocenters. The minimum absolute atomic E-state index is 0.211. The molecule has 1 saturated carbocycles. The van der Waals surface area contributed by atoms with Crippen molar-refractivity contribution < 1.29 is 10.2 Å². The number of nitrogens with zero attached hydrogens (tertiary/aromatic N) is 1. The maximum Gasteiger partial charge on any atom is 0.0802 e. The smallest absolute Gasteiger partial charge is 0.0802 e. The summed E-state index contributed by atoms with van der Waals surface area (Å²) in [5, 5.41) is 20.3. The lowest BCUT2D eigenvalue weighted by Crippen LogP contribution is -2.43. The van der Waals surface area contributed by atoms with Crippen LogP contribution in [0.1, 0.15) is 43.8 Å². The van der Waals surface area contributed by atoms with Crippen molar-refractivity contribution in [3.63, 3.8) is 0 Å². The fourth-order valence-corrected chi connectivity index (χ4v) is 3.40. The van der Waals surface area contributed by atoms with Gasteiger partial charge in [0.05, 0.1) is 12.2 Å². The van der Waals surface area contributed by atoms with Crippen LogP contribution in [0.25, 0.3) is 0 Å². The van der Waals surface area contributed by atoms with Crippen molar-refractivity contribution in [1.82, 2.24) is 4.90 Å². The molecule has 0 bridgehead atoms. The maximum absolute atomic E-state index is 10.2. The Morgan fingerprint density at radius 1 is 1.35 bits per heavy atom. The van der Waals surface area contributed by atoms with E-state index in [1.165, 1.54) is 6.42 Å². The van der Waals surface area contributed by atoms with Crippen LogP contribution in [0.4, 0.5) is 0 Å². The highest BCUT2D eigenvalue weighted by Gasteiger charge is 2.26. The number of aliphatic hydroxyl groups is 2. The normalized spacial score (nSPS) is 24.9. The second kappa shape index (κ2) is 7.55. The van der Waals surface area contributed by atoms with E-state index in [0.29, 0.717) is 6.42 Å². The second-order valence-corrected chi connectivity index (χ2v) is 6.67. The van der Waals surface area contributed by atoms with Gasteiger partial charge in [0.25, 0.3) is 0 Å². The number of hydrogen-bond acceptors (Lipinski definition) is 3. The van der Waals surface area contributed by atoms with Crippen LogP contribution < -0.4 is 0 Å². The Balaban J connectivity index is 1.84. The van der Waals surface area contributed by atoms with E-state index in [-0.39, 0.29) is 12.1 Å². The second-order valence-electron chi connectivity index (χ2n) is 5.76. The first-order valence-electron chi connectivity index (χ1n) is 7.40. The molecule has 1 aromatic carbocycles. The summed E-state index contributed by atoms with van der Waals surface area (Å²) in [5.74, 6) is 0. The molecule has 1 aromatic rings. The lowest BCUT2D eigenvalue weighted by atomic mass is 9.91. The summed E-state index contributed by atoms with van der Waals surface area (Å²) in [4.78, 5) is 2.20. The summed E-state index contributed by atoms with van der Waals surface area (Å²) in [5.41, 5.74) is 0.942. The van der Waals surface area contributed by atoms with Crippen molar-refractivity contribution in [3.05, 3.63) is 34.3 Å². The monoisotopic (exact) mass is 341 g/mol. The van der Waals surface area contributed by atoms with E-state index in [0.717, 1.165) is 35.8 Å². The number of benzene rings is 1. The average Bonchev–Trinajstić information content (AvgIpc) is 2.45. The third-order valence-electron chi connectivity index (χ3n) is 4.25. The van der Waals surface area contributed by atoms with Gasteiger partial charge < -0.3 is 15.1 Å². The molecule has 1 aliphatic rings. The molecule has 4 heteroatoms. The lowest BCUT2D eigenvalue weighted by Gasteiger charge is -2.35. The van der Waals surface area contributed by atoms with Crippen LogP contribution >= 0.6 is 15.9 Å². The number of halogens is 1. The molecule has 2 N–H and O–H groups in total. The highest BCUT2D eigenvalue weighted by molar-refractivity contribution is 9.10. The Labute approximate surface area is 129 Å². The molecule has 0 amide bonds. The molecule has 3 nitrogen and oxygen atoms in total. The minimum atomic E-state index is -0.448. The predicted molar refractivity (Wildman–Crippen MR) is 84.6 cm³/mol. The van der Waals surface area contributed by atoms with Crippen LogP contribution in [-0.4, -0.2) is 40.9 Å². The zero-order valence-corrected chi connectivity index (χ0v) is 13.6. The molecule has 1 fully saturated rings. The van der Waals surface area contributed by atoms with E-state index < -0.39 is 6.10 Å². The maximum atomic E-state index is 10.2. The van der Waals surface area contributed by atoms with Crippen molar-refractivity contribution in [2.75, 3.05) is 13.6 Å². The van der Waals surface area contributed by atoms with Gasteiger partial charge in [-0.2, -0.15) is 0 Å². The average molecular weight is 342 g/mol. The molecule has 112 valence electrons. The molecule has 0 heterocycles. The summed E-state index contributed by atoms with van der Waals surface area (Å²) in [7, 11) is 2.05. The Morgan fingerprint density at radius 3 is 2.80 bits per heavy atom. The van der Waals surface area contributed by atoms with Gasteiger partial charge >= 0.3 is 0 Å². The van der Waals surface area contributed by atoms with Gasteiger partial charge in [-0.25, -0.2) is 0 Å². The Kier molecular flexibility index (Phi) is 6.02. The fraction of sp³-hybridized carbons (Fsp3) is 0.625. The zero-order chi connectivity index (χ0) is 14.5. The molecule has 0 radical (unpaired) electrons. The van der Waals surface area contributed by atoms with Crippen LogP contribution in [0, 0.1) is 0 Å². The van der Waals surface area contributed by atoms with Crippen LogP contribution in [0.3, 0.4) is 0 Å². The largest absolute Gasteiger partial charge is 0.391 e. The molecule has 20 heavy (non-hydrogen) atoms. The molecule has 2 rings (SSSR count). The zero-order valence-electron chi connectivity index (χ0n) is 12.0. The first-order chi connectivity index (χ1) is 9.58. The molecular weight excluding hydrogens is 318 g/mol. The molecule has 0 aliphatic heterocycles. The summed E-state index contributed by atoms with van der Waals surface area (Å²) < 4.78 is 0.991. The molecule has 1 aliphatic carbocycles. The summed E-state index contributed by atoms with van der Waals surface area (Å²) in [6.07, 6.45) is 4.32. The molecular formula is C16H24BrNO2. The van der Waals surface area contributed by atoms with Gasteiger partial charge in [-0.15, -0.1) is 0 Å².